The molecule has 12 nitrogen and oxygen atoms in total. The van der Waals surface area contributed by atoms with Crippen molar-refractivity contribution in [3.8, 4) is 0 Å². The highest BCUT2D eigenvalue weighted by Crippen LogP contribution is 2.39. The molecule has 0 bridgehead atoms. The van der Waals surface area contributed by atoms with Crippen LogP contribution in [0, 0.1) is 0 Å². The molecule has 3 aromatic rings. The van der Waals surface area contributed by atoms with Gasteiger partial charge in [0.15, 0.2) is 17.2 Å². The Morgan fingerprint density at radius 2 is 1.81 bits per heavy atom. The lowest BCUT2D eigenvalue weighted by Gasteiger charge is -2.17. The number of carbonyl (C=O) groups excluding carboxylic acids is 2. The highest BCUT2D eigenvalue weighted by Gasteiger charge is 2.28. The van der Waals surface area contributed by atoms with Crippen molar-refractivity contribution in [3.05, 3.63) is 54.5 Å². The Hall–Kier alpha value is -4.06. The zero-order valence-corrected chi connectivity index (χ0v) is 17.3. The standard InChI is InChI=1S/C20H21N9O3/c1-29(4-5-30)20(32)16-15(8-23-11-25-16)28-19(31)17-18(26-13-6-21-10-22-7-13)24-9-14(27-17)12-2-3-12/h6-12,30H,2-5H2,1H3,(H,24,26)(H,28,31). The van der Waals surface area contributed by atoms with Gasteiger partial charge < -0.3 is 20.6 Å². The summed E-state index contributed by atoms with van der Waals surface area (Å²) in [6.45, 7) is -0.0743. The van der Waals surface area contributed by atoms with E-state index in [0.29, 0.717) is 5.69 Å². The van der Waals surface area contributed by atoms with Gasteiger partial charge in [-0.25, -0.2) is 29.9 Å². The minimum atomic E-state index is -0.576. The summed E-state index contributed by atoms with van der Waals surface area (Å²) in [6, 6.07) is 0. The van der Waals surface area contributed by atoms with Crippen molar-refractivity contribution >= 4 is 29.0 Å². The quantitative estimate of drug-likeness (QED) is 0.466. The number of likely N-dealkylation sites (N-methyl/N-ethyl adjacent to an activating group) is 1. The number of rotatable bonds is 8. The molecular formula is C20H21N9O3. The van der Waals surface area contributed by atoms with Crippen LogP contribution in [-0.4, -0.2) is 71.9 Å². The minimum absolute atomic E-state index is 0.00146. The molecule has 4 rings (SSSR count). The molecule has 0 radical (unpaired) electrons. The lowest BCUT2D eigenvalue weighted by Crippen LogP contribution is -2.31. The second kappa shape index (κ2) is 9.39. The summed E-state index contributed by atoms with van der Waals surface area (Å²) >= 11 is 0. The van der Waals surface area contributed by atoms with Gasteiger partial charge in [0.1, 0.15) is 12.7 Å². The van der Waals surface area contributed by atoms with E-state index < -0.39 is 11.8 Å². The van der Waals surface area contributed by atoms with E-state index in [0.717, 1.165) is 18.5 Å². The van der Waals surface area contributed by atoms with Gasteiger partial charge in [0.25, 0.3) is 11.8 Å². The van der Waals surface area contributed by atoms with E-state index >= 15 is 0 Å². The van der Waals surface area contributed by atoms with Gasteiger partial charge in [-0.15, -0.1) is 0 Å². The third-order valence-electron chi connectivity index (χ3n) is 4.77. The number of amides is 2. The Morgan fingerprint density at radius 3 is 2.53 bits per heavy atom. The van der Waals surface area contributed by atoms with Crippen LogP contribution in [0.1, 0.15) is 45.4 Å². The second-order valence-corrected chi connectivity index (χ2v) is 7.21. The molecule has 3 aromatic heterocycles. The van der Waals surface area contributed by atoms with Crippen molar-refractivity contribution in [2.75, 3.05) is 30.8 Å². The summed E-state index contributed by atoms with van der Waals surface area (Å²) in [5, 5.41) is 14.8. The van der Waals surface area contributed by atoms with Crippen molar-refractivity contribution in [2.45, 2.75) is 18.8 Å². The molecular weight excluding hydrogens is 414 g/mol. The fourth-order valence-corrected chi connectivity index (χ4v) is 2.93. The number of carbonyl (C=O) groups is 2. The molecule has 12 heteroatoms. The first kappa shape index (κ1) is 21.2. The van der Waals surface area contributed by atoms with Gasteiger partial charge >= 0.3 is 0 Å². The maximum atomic E-state index is 13.2. The number of aliphatic hydroxyl groups excluding tert-OH is 1. The van der Waals surface area contributed by atoms with Crippen LogP contribution in [0.4, 0.5) is 17.2 Å². The first-order chi connectivity index (χ1) is 15.6. The molecule has 1 aliphatic carbocycles. The van der Waals surface area contributed by atoms with Gasteiger partial charge in [-0.2, -0.15) is 0 Å². The van der Waals surface area contributed by atoms with Crippen LogP contribution in [0.15, 0.2) is 37.4 Å². The fourth-order valence-electron chi connectivity index (χ4n) is 2.93. The van der Waals surface area contributed by atoms with Crippen molar-refractivity contribution in [1.82, 2.24) is 34.8 Å². The summed E-state index contributed by atoms with van der Waals surface area (Å²) < 4.78 is 0. The van der Waals surface area contributed by atoms with Crippen LogP contribution in [-0.2, 0) is 0 Å². The zero-order valence-electron chi connectivity index (χ0n) is 17.3. The molecule has 3 heterocycles. The number of hydrogen-bond acceptors (Lipinski definition) is 10. The monoisotopic (exact) mass is 435 g/mol. The average Bonchev–Trinajstić information content (AvgIpc) is 3.65. The molecule has 1 aliphatic rings. The fraction of sp³-hybridized carbons (Fsp3) is 0.300. The smallest absolute Gasteiger partial charge is 0.278 e. The number of nitrogens with zero attached hydrogens (tertiary/aromatic N) is 7. The van der Waals surface area contributed by atoms with Crippen LogP contribution in [0.2, 0.25) is 0 Å². The van der Waals surface area contributed by atoms with E-state index in [-0.39, 0.29) is 42.0 Å². The second-order valence-electron chi connectivity index (χ2n) is 7.21. The van der Waals surface area contributed by atoms with Gasteiger partial charge in [0.05, 0.1) is 48.5 Å². The minimum Gasteiger partial charge on any atom is -0.395 e. The first-order valence-corrected chi connectivity index (χ1v) is 9.93. The van der Waals surface area contributed by atoms with Crippen LogP contribution >= 0.6 is 0 Å². The zero-order chi connectivity index (χ0) is 22.5. The molecule has 0 saturated heterocycles. The van der Waals surface area contributed by atoms with Gasteiger partial charge in [-0.1, -0.05) is 0 Å². The van der Waals surface area contributed by atoms with Crippen molar-refractivity contribution in [1.29, 1.82) is 0 Å². The van der Waals surface area contributed by atoms with Crippen LogP contribution in [0.3, 0.4) is 0 Å². The summed E-state index contributed by atoms with van der Waals surface area (Å²) in [5.74, 6) is -0.529. The van der Waals surface area contributed by atoms with Gasteiger partial charge in [-0.05, 0) is 12.8 Å². The summed E-state index contributed by atoms with van der Waals surface area (Å²) in [5.41, 5.74) is 1.46. The SMILES string of the molecule is CN(CCO)C(=O)c1ncncc1NC(=O)c1nc(C2CC2)cnc1Nc1cncnc1. The molecule has 0 atom stereocenters. The maximum Gasteiger partial charge on any atom is 0.278 e. The normalized spacial score (nSPS) is 12.8. The number of nitrogens with one attached hydrogen (secondary N) is 2. The predicted molar refractivity (Wildman–Crippen MR) is 113 cm³/mol. The molecule has 2 amide bonds. The maximum absolute atomic E-state index is 13.2. The van der Waals surface area contributed by atoms with Crippen molar-refractivity contribution in [2.24, 2.45) is 0 Å². The Bertz CT molecular complexity index is 1120. The number of aliphatic hydroxyl groups is 1. The summed E-state index contributed by atoms with van der Waals surface area (Å²) in [7, 11) is 1.53. The Morgan fingerprint density at radius 1 is 1.06 bits per heavy atom. The molecule has 164 valence electrons. The number of aromatic nitrogens is 6. The lowest BCUT2D eigenvalue weighted by atomic mass is 10.2. The lowest BCUT2D eigenvalue weighted by molar-refractivity contribution is 0.0762. The largest absolute Gasteiger partial charge is 0.395 e. The van der Waals surface area contributed by atoms with Gasteiger partial charge in [0, 0.05) is 19.5 Å². The first-order valence-electron chi connectivity index (χ1n) is 9.93. The highest BCUT2D eigenvalue weighted by atomic mass is 16.3. The predicted octanol–water partition coefficient (Wildman–Crippen LogP) is 0.994. The summed E-state index contributed by atoms with van der Waals surface area (Å²) in [6.07, 6.45) is 10.7. The molecule has 0 aromatic carbocycles. The van der Waals surface area contributed by atoms with E-state index in [4.69, 9.17) is 5.11 Å². The number of anilines is 3. The van der Waals surface area contributed by atoms with Crippen LogP contribution in [0.5, 0.6) is 0 Å². The van der Waals surface area contributed by atoms with Crippen molar-refractivity contribution < 1.29 is 14.7 Å². The van der Waals surface area contributed by atoms with Gasteiger partial charge in [0.2, 0.25) is 0 Å². The number of hydrogen-bond donors (Lipinski definition) is 3. The van der Waals surface area contributed by atoms with Crippen LogP contribution in [0.25, 0.3) is 0 Å². The van der Waals surface area contributed by atoms with Crippen LogP contribution < -0.4 is 10.6 Å². The molecule has 1 saturated carbocycles. The topological polar surface area (TPSA) is 159 Å². The Labute approximate surface area is 183 Å². The molecule has 3 N–H and O–H groups in total. The van der Waals surface area contributed by atoms with E-state index in [9.17, 15) is 9.59 Å². The average molecular weight is 435 g/mol. The third-order valence-corrected chi connectivity index (χ3v) is 4.77. The molecule has 0 spiro atoms. The van der Waals surface area contributed by atoms with E-state index in [1.807, 2.05) is 0 Å². The summed E-state index contributed by atoms with van der Waals surface area (Å²) in [4.78, 5) is 51.8. The van der Waals surface area contributed by atoms with Gasteiger partial charge in [-0.3, -0.25) is 9.59 Å². The van der Waals surface area contributed by atoms with E-state index in [1.54, 1.807) is 18.6 Å². The Balaban J connectivity index is 1.63. The van der Waals surface area contributed by atoms with Crippen molar-refractivity contribution in [3.63, 3.8) is 0 Å². The third kappa shape index (κ3) is 4.81. The molecule has 0 unspecified atom stereocenters. The van der Waals surface area contributed by atoms with E-state index in [2.05, 4.69) is 40.5 Å². The molecule has 1 fully saturated rings. The highest BCUT2D eigenvalue weighted by molar-refractivity contribution is 6.09. The van der Waals surface area contributed by atoms with E-state index in [1.165, 1.54) is 30.8 Å². The Kier molecular flexibility index (Phi) is 6.22. The molecule has 0 aliphatic heterocycles. The molecule has 32 heavy (non-hydrogen) atoms.